The summed E-state index contributed by atoms with van der Waals surface area (Å²) in [5.41, 5.74) is -0.132. The number of hydrogen-bond donors (Lipinski definition) is 1. The quantitative estimate of drug-likeness (QED) is 0.735. The van der Waals surface area contributed by atoms with Gasteiger partial charge >= 0.3 is 0 Å². The number of hydrogen-bond acceptors (Lipinski definition) is 5. The van der Waals surface area contributed by atoms with E-state index in [0.717, 1.165) is 6.54 Å². The molecule has 0 amide bonds. The highest BCUT2D eigenvalue weighted by molar-refractivity contribution is 6.03. The van der Waals surface area contributed by atoms with Crippen LogP contribution in [-0.4, -0.2) is 60.8 Å². The lowest BCUT2D eigenvalue weighted by atomic mass is 9.96. The molecule has 1 N–H and O–H groups in total. The Hall–Kier alpha value is -1.40. The van der Waals surface area contributed by atoms with Crippen LogP contribution in [-0.2, 0) is 6.54 Å². The van der Waals surface area contributed by atoms with Crippen molar-refractivity contribution in [3.8, 4) is 5.75 Å². The van der Waals surface area contributed by atoms with Gasteiger partial charge in [-0.1, -0.05) is 0 Å². The number of likely N-dealkylation sites (N-methyl/N-ethyl adjacent to an activating group) is 2. The van der Waals surface area contributed by atoms with Crippen LogP contribution < -0.4 is 10.1 Å². The van der Waals surface area contributed by atoms with Crippen LogP contribution >= 0.6 is 0 Å². The molecule has 1 rings (SSSR count). The van der Waals surface area contributed by atoms with Gasteiger partial charge in [-0.25, -0.2) is 0 Å². The largest absolute Gasteiger partial charge is 0.493 e. The maximum Gasteiger partial charge on any atom is 0.204 e. The van der Waals surface area contributed by atoms with E-state index in [2.05, 4.69) is 10.4 Å². The fraction of sp³-hybridized carbons (Fsp3) is 0.692. The molecule has 0 aromatic carbocycles. The number of nitrogens with zero attached hydrogens (tertiary/aromatic N) is 3. The van der Waals surface area contributed by atoms with Gasteiger partial charge in [-0.15, -0.1) is 0 Å². The van der Waals surface area contributed by atoms with Gasteiger partial charge in [0, 0.05) is 6.54 Å². The zero-order valence-corrected chi connectivity index (χ0v) is 12.6. The van der Waals surface area contributed by atoms with Crippen molar-refractivity contribution >= 4 is 5.78 Å². The summed E-state index contributed by atoms with van der Waals surface area (Å²) in [6.07, 6.45) is 1.59. The number of nitrogens with one attached hydrogen (secondary N) is 1. The van der Waals surface area contributed by atoms with Gasteiger partial charge in [-0.05, 0) is 35.0 Å². The Balaban J connectivity index is 3.09. The van der Waals surface area contributed by atoms with Crippen LogP contribution in [0.1, 0.15) is 24.3 Å². The monoisotopic (exact) mass is 268 g/mol. The summed E-state index contributed by atoms with van der Waals surface area (Å²) in [6.45, 7) is 5.15. The number of rotatable bonds is 7. The van der Waals surface area contributed by atoms with E-state index in [1.807, 2.05) is 32.8 Å². The van der Waals surface area contributed by atoms with Crippen LogP contribution in [0.25, 0.3) is 0 Å². The van der Waals surface area contributed by atoms with E-state index in [1.165, 1.54) is 0 Å². The second-order valence-corrected chi connectivity index (χ2v) is 5.29. The van der Waals surface area contributed by atoms with E-state index in [1.54, 1.807) is 25.0 Å². The molecule has 0 radical (unpaired) electrons. The minimum Gasteiger partial charge on any atom is -0.493 e. The maximum atomic E-state index is 12.6. The van der Waals surface area contributed by atoms with Crippen molar-refractivity contribution in [3.63, 3.8) is 0 Å². The number of carbonyl (C=O) groups excluding carboxylic acids is 1. The fourth-order valence-corrected chi connectivity index (χ4v) is 1.62. The summed E-state index contributed by atoms with van der Waals surface area (Å²) in [7, 11) is 7.29. The van der Waals surface area contributed by atoms with Crippen molar-refractivity contribution < 1.29 is 9.53 Å². The molecular formula is C13H24N4O2. The topological polar surface area (TPSA) is 59.4 Å². The third-order valence-corrected chi connectivity index (χ3v) is 3.19. The number of aromatic nitrogens is 2. The van der Waals surface area contributed by atoms with Crippen LogP contribution in [0.4, 0.5) is 0 Å². The normalized spacial score (nSPS) is 11.9. The first-order valence-corrected chi connectivity index (χ1v) is 6.31. The molecule has 0 aliphatic rings. The Bertz CT molecular complexity index is 438. The van der Waals surface area contributed by atoms with E-state index < -0.39 is 5.54 Å². The molecule has 0 fully saturated rings. The molecule has 19 heavy (non-hydrogen) atoms. The summed E-state index contributed by atoms with van der Waals surface area (Å²) in [6, 6.07) is 0. The van der Waals surface area contributed by atoms with Crippen molar-refractivity contribution in [2.24, 2.45) is 0 Å². The average molecular weight is 268 g/mol. The average Bonchev–Trinajstić information content (AvgIpc) is 2.77. The molecule has 1 aromatic heterocycles. The molecule has 0 aliphatic heterocycles. The molecule has 0 unspecified atom stereocenters. The van der Waals surface area contributed by atoms with Crippen LogP contribution in [0.15, 0.2) is 6.20 Å². The molecule has 0 saturated carbocycles. The van der Waals surface area contributed by atoms with Crippen LogP contribution in [0, 0.1) is 0 Å². The minimum atomic E-state index is -0.650. The second kappa shape index (κ2) is 6.16. The molecule has 6 nitrogen and oxygen atoms in total. The number of Topliss-reactive ketones (excluding diaryl/α,β-unsaturated/α-hetero) is 1. The Morgan fingerprint density at radius 3 is 2.63 bits per heavy atom. The molecule has 1 heterocycles. The zero-order chi connectivity index (χ0) is 14.6. The molecule has 0 bridgehead atoms. The predicted molar refractivity (Wildman–Crippen MR) is 74.8 cm³/mol. The number of methoxy groups -OCH3 is 1. The summed E-state index contributed by atoms with van der Waals surface area (Å²) in [5, 5.41) is 7.26. The fourth-order valence-electron chi connectivity index (χ4n) is 1.62. The van der Waals surface area contributed by atoms with Gasteiger partial charge in [0.05, 0.1) is 25.4 Å². The lowest BCUT2D eigenvalue weighted by Gasteiger charge is -2.23. The molecule has 0 aliphatic carbocycles. The molecule has 0 atom stereocenters. The molecule has 108 valence electrons. The summed E-state index contributed by atoms with van der Waals surface area (Å²) >= 11 is 0. The van der Waals surface area contributed by atoms with Gasteiger partial charge in [-0.2, -0.15) is 5.10 Å². The van der Waals surface area contributed by atoms with E-state index in [4.69, 9.17) is 4.74 Å². The van der Waals surface area contributed by atoms with Gasteiger partial charge < -0.3 is 15.0 Å². The molecule has 0 saturated heterocycles. The minimum absolute atomic E-state index is 0.0249. The van der Waals surface area contributed by atoms with Crippen LogP contribution in [0.3, 0.4) is 0 Å². The number of ketones is 1. The van der Waals surface area contributed by atoms with Crippen molar-refractivity contribution in [1.82, 2.24) is 20.0 Å². The standard InChI is InChI=1S/C13H24N4O2/c1-13(2,14-3)12(18)11-10(19-6)9-15-17(11)8-7-16(4)5/h9,14H,7-8H2,1-6H3. The first-order valence-electron chi connectivity index (χ1n) is 6.31. The Kier molecular flexibility index (Phi) is 5.08. The highest BCUT2D eigenvalue weighted by Gasteiger charge is 2.32. The van der Waals surface area contributed by atoms with E-state index in [9.17, 15) is 4.79 Å². The molecule has 0 spiro atoms. The Morgan fingerprint density at radius 2 is 2.16 bits per heavy atom. The first-order chi connectivity index (χ1) is 8.83. The van der Waals surface area contributed by atoms with Gasteiger partial charge in [0.25, 0.3) is 0 Å². The van der Waals surface area contributed by atoms with Gasteiger partial charge in [-0.3, -0.25) is 9.48 Å². The highest BCUT2D eigenvalue weighted by atomic mass is 16.5. The number of carbonyl (C=O) groups is 1. The van der Waals surface area contributed by atoms with Gasteiger partial charge in [0.1, 0.15) is 5.69 Å². The van der Waals surface area contributed by atoms with E-state index >= 15 is 0 Å². The van der Waals surface area contributed by atoms with Crippen molar-refractivity contribution in [1.29, 1.82) is 0 Å². The smallest absolute Gasteiger partial charge is 0.204 e. The summed E-state index contributed by atoms with van der Waals surface area (Å²) in [4.78, 5) is 14.6. The van der Waals surface area contributed by atoms with E-state index in [0.29, 0.717) is 18.0 Å². The van der Waals surface area contributed by atoms with Crippen LogP contribution in [0.2, 0.25) is 0 Å². The zero-order valence-electron chi connectivity index (χ0n) is 12.6. The Labute approximate surface area is 114 Å². The van der Waals surface area contributed by atoms with E-state index in [-0.39, 0.29) is 5.78 Å². The Morgan fingerprint density at radius 1 is 1.53 bits per heavy atom. The third-order valence-electron chi connectivity index (χ3n) is 3.19. The van der Waals surface area contributed by atoms with Crippen molar-refractivity contribution in [3.05, 3.63) is 11.9 Å². The predicted octanol–water partition coefficient (Wildman–Crippen LogP) is 0.634. The lowest BCUT2D eigenvalue weighted by Crippen LogP contribution is -2.45. The highest BCUT2D eigenvalue weighted by Crippen LogP contribution is 2.22. The third kappa shape index (κ3) is 3.54. The maximum absolute atomic E-state index is 12.6. The van der Waals surface area contributed by atoms with Crippen LogP contribution in [0.5, 0.6) is 5.75 Å². The lowest BCUT2D eigenvalue weighted by molar-refractivity contribution is 0.0874. The summed E-state index contributed by atoms with van der Waals surface area (Å²) in [5.74, 6) is 0.496. The second-order valence-electron chi connectivity index (χ2n) is 5.29. The van der Waals surface area contributed by atoms with Gasteiger partial charge in [0.15, 0.2) is 5.75 Å². The number of ether oxygens (including phenoxy) is 1. The van der Waals surface area contributed by atoms with Crippen molar-refractivity contribution in [2.75, 3.05) is 34.8 Å². The molecular weight excluding hydrogens is 244 g/mol. The van der Waals surface area contributed by atoms with Crippen molar-refractivity contribution in [2.45, 2.75) is 25.9 Å². The van der Waals surface area contributed by atoms with Gasteiger partial charge in [0.2, 0.25) is 5.78 Å². The summed E-state index contributed by atoms with van der Waals surface area (Å²) < 4.78 is 6.96. The SMILES string of the molecule is CNC(C)(C)C(=O)c1c(OC)cnn1CCN(C)C. The first kappa shape index (κ1) is 15.7. The molecule has 1 aromatic rings. The molecule has 6 heteroatoms.